The molecule has 1 atom stereocenters. The van der Waals surface area contributed by atoms with Crippen molar-refractivity contribution in [1.29, 1.82) is 5.26 Å². The average molecular weight is 229 g/mol. The molecule has 14 heavy (non-hydrogen) atoms. The highest BCUT2D eigenvalue weighted by molar-refractivity contribution is 6.42. The van der Waals surface area contributed by atoms with Gasteiger partial charge in [-0.15, -0.1) is 0 Å². The predicted octanol–water partition coefficient (Wildman–Crippen LogP) is 3.00. The van der Waals surface area contributed by atoms with Crippen LogP contribution in [0.3, 0.4) is 0 Å². The minimum atomic E-state index is -0.163. The van der Waals surface area contributed by atoms with Crippen LogP contribution in [0.25, 0.3) is 0 Å². The maximum Gasteiger partial charge on any atom is 0.0927 e. The summed E-state index contributed by atoms with van der Waals surface area (Å²) in [5.41, 5.74) is 1.02. The van der Waals surface area contributed by atoms with Gasteiger partial charge < -0.3 is 0 Å². The lowest BCUT2D eigenvalue weighted by Gasteiger charge is -2.06. The van der Waals surface area contributed by atoms with Gasteiger partial charge in [0.05, 0.1) is 22.2 Å². The summed E-state index contributed by atoms with van der Waals surface area (Å²) in [6, 6.07) is 7.35. The summed E-state index contributed by atoms with van der Waals surface area (Å²) in [6.45, 7) is 2.42. The highest BCUT2D eigenvalue weighted by atomic mass is 35.5. The van der Waals surface area contributed by atoms with Gasteiger partial charge in [-0.3, -0.25) is 5.32 Å². The smallest absolute Gasteiger partial charge is 0.0927 e. The number of rotatable bonds is 3. The van der Waals surface area contributed by atoms with E-state index >= 15 is 0 Å². The number of halogens is 2. The van der Waals surface area contributed by atoms with Crippen molar-refractivity contribution in [2.45, 2.75) is 19.5 Å². The molecule has 2 nitrogen and oxygen atoms in total. The van der Waals surface area contributed by atoms with Gasteiger partial charge in [-0.1, -0.05) is 29.3 Å². The molecular formula is C10H10Cl2N2. The maximum absolute atomic E-state index is 8.55. The first kappa shape index (κ1) is 11.3. The fourth-order valence-electron chi connectivity index (χ4n) is 0.966. The van der Waals surface area contributed by atoms with Crippen molar-refractivity contribution < 1.29 is 0 Å². The lowest BCUT2D eigenvalue weighted by molar-refractivity contribution is 0.642. The lowest BCUT2D eigenvalue weighted by Crippen LogP contribution is -2.23. The standard InChI is InChI=1S/C10H10Cl2N2/c1-7(5-13)14-6-8-2-3-9(11)10(12)4-8/h2-4,7,14H,6H2,1H3. The van der Waals surface area contributed by atoms with Crippen molar-refractivity contribution in [3.8, 4) is 6.07 Å². The number of nitrogens with zero attached hydrogens (tertiary/aromatic N) is 1. The Morgan fingerprint density at radius 1 is 1.43 bits per heavy atom. The van der Waals surface area contributed by atoms with Gasteiger partial charge in [-0.2, -0.15) is 5.26 Å². The summed E-state index contributed by atoms with van der Waals surface area (Å²) < 4.78 is 0. The van der Waals surface area contributed by atoms with Gasteiger partial charge in [0.25, 0.3) is 0 Å². The predicted molar refractivity (Wildman–Crippen MR) is 58.4 cm³/mol. The van der Waals surface area contributed by atoms with Crippen molar-refractivity contribution in [2.75, 3.05) is 0 Å². The molecule has 0 aliphatic heterocycles. The van der Waals surface area contributed by atoms with Gasteiger partial charge in [0, 0.05) is 6.54 Å². The van der Waals surface area contributed by atoms with E-state index < -0.39 is 0 Å². The first-order chi connectivity index (χ1) is 6.63. The topological polar surface area (TPSA) is 35.8 Å². The molecule has 1 unspecified atom stereocenters. The van der Waals surface area contributed by atoms with E-state index in [2.05, 4.69) is 11.4 Å². The zero-order valence-electron chi connectivity index (χ0n) is 7.72. The molecule has 0 spiro atoms. The largest absolute Gasteiger partial charge is 0.298 e. The molecule has 1 rings (SSSR count). The monoisotopic (exact) mass is 228 g/mol. The number of hydrogen-bond acceptors (Lipinski definition) is 2. The highest BCUT2D eigenvalue weighted by Gasteiger charge is 2.01. The summed E-state index contributed by atoms with van der Waals surface area (Å²) in [4.78, 5) is 0. The SMILES string of the molecule is CC(C#N)NCc1ccc(Cl)c(Cl)c1. The Bertz CT molecular complexity index is 358. The van der Waals surface area contributed by atoms with Crippen LogP contribution in [0.5, 0.6) is 0 Å². The average Bonchev–Trinajstić information content (AvgIpc) is 2.19. The maximum atomic E-state index is 8.55. The van der Waals surface area contributed by atoms with Crippen LogP contribution >= 0.6 is 23.2 Å². The van der Waals surface area contributed by atoms with E-state index in [-0.39, 0.29) is 6.04 Å². The molecule has 0 aliphatic rings. The lowest BCUT2D eigenvalue weighted by atomic mass is 10.2. The fraction of sp³-hybridized carbons (Fsp3) is 0.300. The number of nitrogens with one attached hydrogen (secondary N) is 1. The third kappa shape index (κ3) is 3.19. The second-order valence-corrected chi connectivity index (χ2v) is 3.79. The Morgan fingerprint density at radius 3 is 2.71 bits per heavy atom. The number of benzene rings is 1. The van der Waals surface area contributed by atoms with E-state index in [9.17, 15) is 0 Å². The Morgan fingerprint density at radius 2 is 2.14 bits per heavy atom. The molecule has 1 aromatic rings. The van der Waals surface area contributed by atoms with Crippen LogP contribution in [0, 0.1) is 11.3 Å². The van der Waals surface area contributed by atoms with E-state index in [1.807, 2.05) is 6.07 Å². The Labute approximate surface area is 93.4 Å². The first-order valence-corrected chi connectivity index (χ1v) is 4.96. The first-order valence-electron chi connectivity index (χ1n) is 4.20. The van der Waals surface area contributed by atoms with Gasteiger partial charge in [0.1, 0.15) is 0 Å². The van der Waals surface area contributed by atoms with E-state index in [4.69, 9.17) is 28.5 Å². The van der Waals surface area contributed by atoms with Gasteiger partial charge in [0.2, 0.25) is 0 Å². The summed E-state index contributed by atoms with van der Waals surface area (Å²) in [7, 11) is 0. The zero-order chi connectivity index (χ0) is 10.6. The van der Waals surface area contributed by atoms with Crippen molar-refractivity contribution >= 4 is 23.2 Å². The van der Waals surface area contributed by atoms with E-state index in [0.717, 1.165) is 5.56 Å². The molecule has 1 N–H and O–H groups in total. The highest BCUT2D eigenvalue weighted by Crippen LogP contribution is 2.22. The minimum Gasteiger partial charge on any atom is -0.298 e. The van der Waals surface area contributed by atoms with Gasteiger partial charge in [-0.25, -0.2) is 0 Å². The normalized spacial score (nSPS) is 12.1. The van der Waals surface area contributed by atoms with Crippen molar-refractivity contribution in [1.82, 2.24) is 5.32 Å². The fourth-order valence-corrected chi connectivity index (χ4v) is 1.29. The van der Waals surface area contributed by atoms with Crippen LogP contribution in [0.4, 0.5) is 0 Å². The molecule has 0 fully saturated rings. The summed E-state index contributed by atoms with van der Waals surface area (Å²) in [5, 5.41) is 12.7. The molecule has 0 saturated carbocycles. The molecule has 1 aromatic carbocycles. The zero-order valence-corrected chi connectivity index (χ0v) is 9.23. The van der Waals surface area contributed by atoms with Crippen molar-refractivity contribution in [3.05, 3.63) is 33.8 Å². The number of hydrogen-bond donors (Lipinski definition) is 1. The van der Waals surface area contributed by atoms with Crippen molar-refractivity contribution in [3.63, 3.8) is 0 Å². The van der Waals surface area contributed by atoms with Crippen LogP contribution in [-0.2, 0) is 6.54 Å². The Hall–Kier alpha value is -0.750. The molecule has 0 aliphatic carbocycles. The molecule has 0 heterocycles. The van der Waals surface area contributed by atoms with E-state index in [1.54, 1.807) is 19.1 Å². The second kappa shape index (κ2) is 5.21. The summed E-state index contributed by atoms with van der Waals surface area (Å²) in [6.07, 6.45) is 0. The van der Waals surface area contributed by atoms with Crippen LogP contribution in [0.1, 0.15) is 12.5 Å². The third-order valence-electron chi connectivity index (χ3n) is 1.79. The molecule has 0 saturated heterocycles. The van der Waals surface area contributed by atoms with Crippen LogP contribution < -0.4 is 5.32 Å². The van der Waals surface area contributed by atoms with E-state index in [1.165, 1.54) is 0 Å². The molecule has 74 valence electrons. The Kier molecular flexibility index (Phi) is 4.21. The Balaban J connectivity index is 2.61. The third-order valence-corrected chi connectivity index (χ3v) is 2.53. The van der Waals surface area contributed by atoms with Gasteiger partial charge in [-0.05, 0) is 24.6 Å². The molecule has 0 amide bonds. The molecule has 0 bridgehead atoms. The van der Waals surface area contributed by atoms with Gasteiger partial charge in [0.15, 0.2) is 0 Å². The van der Waals surface area contributed by atoms with Crippen LogP contribution in [0.2, 0.25) is 10.0 Å². The van der Waals surface area contributed by atoms with Gasteiger partial charge >= 0.3 is 0 Å². The van der Waals surface area contributed by atoms with E-state index in [0.29, 0.717) is 16.6 Å². The molecule has 0 radical (unpaired) electrons. The summed E-state index contributed by atoms with van der Waals surface area (Å²) >= 11 is 11.6. The number of nitriles is 1. The minimum absolute atomic E-state index is 0.163. The van der Waals surface area contributed by atoms with Crippen LogP contribution in [0.15, 0.2) is 18.2 Å². The van der Waals surface area contributed by atoms with Crippen LogP contribution in [-0.4, -0.2) is 6.04 Å². The molecule has 0 aromatic heterocycles. The summed E-state index contributed by atoms with van der Waals surface area (Å²) in [5.74, 6) is 0. The quantitative estimate of drug-likeness (QED) is 0.864. The van der Waals surface area contributed by atoms with Crippen molar-refractivity contribution in [2.24, 2.45) is 0 Å². The molecule has 4 heteroatoms. The second-order valence-electron chi connectivity index (χ2n) is 2.98. The molecular weight excluding hydrogens is 219 g/mol.